The fraction of sp³-hybridized carbons (Fsp3) is 0.154. The van der Waals surface area contributed by atoms with Gasteiger partial charge in [0.2, 0.25) is 6.41 Å². The lowest BCUT2D eigenvalue weighted by molar-refractivity contribution is -0.115. The van der Waals surface area contributed by atoms with Crippen LogP contribution in [0.25, 0.3) is 10.9 Å². The van der Waals surface area contributed by atoms with Crippen LogP contribution in [0.4, 0.5) is 0 Å². The number of nitrogens with zero attached hydrogens (tertiary/aromatic N) is 2. The zero-order chi connectivity index (χ0) is 13.5. The largest absolute Gasteiger partial charge is 0.364 e. The molecule has 0 saturated heterocycles. The number of benzene rings is 1. The summed E-state index contributed by atoms with van der Waals surface area (Å²) in [5, 5.41) is 1.01. The molecule has 18 heavy (non-hydrogen) atoms. The number of primary amides is 1. The average Bonchev–Trinajstić information content (AvgIpc) is 2.38. The highest BCUT2D eigenvalue weighted by atomic mass is 16.1. The molecule has 2 N–H and O–H groups in total. The van der Waals surface area contributed by atoms with Crippen LogP contribution in [0.5, 0.6) is 0 Å². The Morgan fingerprint density at radius 3 is 2.39 bits per heavy atom. The molecule has 0 spiro atoms. The summed E-state index contributed by atoms with van der Waals surface area (Å²) in [4.78, 5) is 25.8. The number of carbonyl (C=O) groups is 2. The van der Waals surface area contributed by atoms with E-state index in [0.717, 1.165) is 17.3 Å². The van der Waals surface area contributed by atoms with Crippen molar-refractivity contribution in [2.75, 3.05) is 14.1 Å². The molecule has 1 aromatic heterocycles. The number of carbonyl (C=O) groups excluding carboxylic acids is 2. The molecule has 0 bridgehead atoms. The van der Waals surface area contributed by atoms with E-state index in [1.165, 1.54) is 4.90 Å². The highest BCUT2D eigenvalue weighted by molar-refractivity contribution is 5.93. The molecule has 94 valence electrons. The molecule has 5 nitrogen and oxygen atoms in total. The first-order valence-corrected chi connectivity index (χ1v) is 5.32. The van der Waals surface area contributed by atoms with Crippen LogP contribution in [-0.4, -0.2) is 36.3 Å². The summed E-state index contributed by atoms with van der Waals surface area (Å²) in [5.74, 6) is -0.495. The number of rotatable bonds is 2. The van der Waals surface area contributed by atoms with Gasteiger partial charge in [0.05, 0.1) is 5.52 Å². The second-order valence-electron chi connectivity index (χ2n) is 3.82. The van der Waals surface area contributed by atoms with E-state index in [-0.39, 0.29) is 0 Å². The SMILES string of the molecule is CN(C)C=O.NC(=O)c1ccc2ccccc2n1. The van der Waals surface area contributed by atoms with Crippen molar-refractivity contribution in [3.8, 4) is 0 Å². The number of para-hydroxylation sites is 1. The number of fused-ring (bicyclic) bond motifs is 1. The standard InChI is InChI=1S/C10H8N2O.C3H7NO/c11-10(13)9-6-5-7-3-1-2-4-8(7)12-9;1-4(2)3-5/h1-6H,(H2,11,13);3H,1-2H3. The van der Waals surface area contributed by atoms with Crippen molar-refractivity contribution in [1.82, 2.24) is 9.88 Å². The Hall–Kier alpha value is -2.43. The number of nitrogens with two attached hydrogens (primary N) is 1. The topological polar surface area (TPSA) is 76.3 Å². The molecular weight excluding hydrogens is 230 g/mol. The second-order valence-corrected chi connectivity index (χ2v) is 3.82. The molecule has 2 amide bonds. The van der Waals surface area contributed by atoms with Gasteiger partial charge in [-0.15, -0.1) is 0 Å². The lowest BCUT2D eigenvalue weighted by atomic mass is 10.2. The van der Waals surface area contributed by atoms with Crippen LogP contribution in [0.3, 0.4) is 0 Å². The molecule has 0 aliphatic rings. The molecular formula is C13H15N3O2. The number of pyridine rings is 1. The van der Waals surface area contributed by atoms with Crippen molar-refractivity contribution in [3.63, 3.8) is 0 Å². The van der Waals surface area contributed by atoms with Gasteiger partial charge in [0.25, 0.3) is 5.91 Å². The third kappa shape index (κ3) is 3.86. The number of aromatic nitrogens is 1. The molecule has 0 atom stereocenters. The van der Waals surface area contributed by atoms with E-state index in [1.807, 2.05) is 30.3 Å². The predicted octanol–water partition coefficient (Wildman–Crippen LogP) is 1.04. The highest BCUT2D eigenvalue weighted by Crippen LogP contribution is 2.10. The maximum absolute atomic E-state index is 10.8. The summed E-state index contributed by atoms with van der Waals surface area (Å²) in [6.07, 6.45) is 0.750. The highest BCUT2D eigenvalue weighted by Gasteiger charge is 2.01. The van der Waals surface area contributed by atoms with Crippen LogP contribution in [0.1, 0.15) is 10.5 Å². The van der Waals surface area contributed by atoms with E-state index < -0.39 is 5.91 Å². The summed E-state index contributed by atoms with van der Waals surface area (Å²) >= 11 is 0. The Morgan fingerprint density at radius 2 is 1.83 bits per heavy atom. The Kier molecular flexibility index (Phi) is 4.80. The summed E-state index contributed by atoms with van der Waals surface area (Å²) in [6, 6.07) is 11.1. The molecule has 0 unspecified atom stereocenters. The van der Waals surface area contributed by atoms with Gasteiger partial charge < -0.3 is 10.6 Å². The first-order valence-electron chi connectivity index (χ1n) is 5.32. The minimum atomic E-state index is -0.495. The lowest BCUT2D eigenvalue weighted by Crippen LogP contribution is -2.12. The Balaban J connectivity index is 0.000000280. The Labute approximate surface area is 105 Å². The fourth-order valence-electron chi connectivity index (χ4n) is 1.20. The van der Waals surface area contributed by atoms with Crippen molar-refractivity contribution < 1.29 is 9.59 Å². The molecule has 0 saturated carbocycles. The summed E-state index contributed by atoms with van der Waals surface area (Å²) in [7, 11) is 3.38. The number of hydrogen-bond acceptors (Lipinski definition) is 3. The molecule has 2 aromatic rings. The van der Waals surface area contributed by atoms with E-state index in [1.54, 1.807) is 20.2 Å². The minimum Gasteiger partial charge on any atom is -0.364 e. The Bertz CT molecular complexity index is 553. The van der Waals surface area contributed by atoms with Crippen molar-refractivity contribution in [2.45, 2.75) is 0 Å². The third-order valence-electron chi connectivity index (χ3n) is 2.06. The van der Waals surface area contributed by atoms with Crippen LogP contribution in [0.2, 0.25) is 0 Å². The smallest absolute Gasteiger partial charge is 0.267 e. The first-order chi connectivity index (χ1) is 8.54. The summed E-state index contributed by atoms with van der Waals surface area (Å²) in [6.45, 7) is 0. The minimum absolute atomic E-state index is 0.304. The van der Waals surface area contributed by atoms with E-state index >= 15 is 0 Å². The number of hydrogen-bond donors (Lipinski definition) is 1. The summed E-state index contributed by atoms with van der Waals surface area (Å²) < 4.78 is 0. The molecule has 0 aliphatic carbocycles. The maximum atomic E-state index is 10.8. The maximum Gasteiger partial charge on any atom is 0.267 e. The van der Waals surface area contributed by atoms with Crippen molar-refractivity contribution in [3.05, 3.63) is 42.1 Å². The van der Waals surface area contributed by atoms with Gasteiger partial charge in [-0.3, -0.25) is 9.59 Å². The monoisotopic (exact) mass is 245 g/mol. The lowest BCUT2D eigenvalue weighted by Gasteiger charge is -1.97. The van der Waals surface area contributed by atoms with E-state index in [4.69, 9.17) is 5.73 Å². The molecule has 1 heterocycles. The quantitative estimate of drug-likeness (QED) is 0.803. The average molecular weight is 245 g/mol. The van der Waals surface area contributed by atoms with Crippen LogP contribution in [0.15, 0.2) is 36.4 Å². The molecule has 5 heteroatoms. The first kappa shape index (κ1) is 13.6. The van der Waals surface area contributed by atoms with Crippen molar-refractivity contribution in [1.29, 1.82) is 0 Å². The van der Waals surface area contributed by atoms with Gasteiger partial charge in [-0.1, -0.05) is 24.3 Å². The number of amides is 2. The van der Waals surface area contributed by atoms with E-state index in [9.17, 15) is 9.59 Å². The van der Waals surface area contributed by atoms with Crippen LogP contribution >= 0.6 is 0 Å². The molecule has 2 rings (SSSR count). The van der Waals surface area contributed by atoms with Gasteiger partial charge >= 0.3 is 0 Å². The van der Waals surface area contributed by atoms with Gasteiger partial charge in [0, 0.05) is 19.5 Å². The van der Waals surface area contributed by atoms with Crippen LogP contribution < -0.4 is 5.73 Å². The van der Waals surface area contributed by atoms with Gasteiger partial charge in [0.15, 0.2) is 0 Å². The van der Waals surface area contributed by atoms with Crippen LogP contribution in [-0.2, 0) is 4.79 Å². The van der Waals surface area contributed by atoms with Crippen molar-refractivity contribution in [2.24, 2.45) is 5.73 Å². The van der Waals surface area contributed by atoms with Crippen molar-refractivity contribution >= 4 is 23.2 Å². The molecule has 0 fully saturated rings. The van der Waals surface area contributed by atoms with Gasteiger partial charge in [-0.05, 0) is 12.1 Å². The third-order valence-corrected chi connectivity index (χ3v) is 2.06. The molecule has 0 radical (unpaired) electrons. The summed E-state index contributed by atoms with van der Waals surface area (Å²) in [5.41, 5.74) is 6.20. The van der Waals surface area contributed by atoms with E-state index in [0.29, 0.717) is 5.69 Å². The fourth-order valence-corrected chi connectivity index (χ4v) is 1.20. The second kappa shape index (κ2) is 6.34. The zero-order valence-electron chi connectivity index (χ0n) is 10.3. The van der Waals surface area contributed by atoms with Crippen LogP contribution in [0, 0.1) is 0 Å². The molecule has 0 aliphatic heterocycles. The Morgan fingerprint density at radius 1 is 1.22 bits per heavy atom. The van der Waals surface area contributed by atoms with Gasteiger partial charge in [0.1, 0.15) is 5.69 Å². The van der Waals surface area contributed by atoms with E-state index in [2.05, 4.69) is 4.98 Å². The zero-order valence-corrected chi connectivity index (χ0v) is 10.3. The normalized spacial score (nSPS) is 9.22. The predicted molar refractivity (Wildman–Crippen MR) is 70.0 cm³/mol. The molecule has 1 aromatic carbocycles. The van der Waals surface area contributed by atoms with Gasteiger partial charge in [-0.25, -0.2) is 4.98 Å². The van der Waals surface area contributed by atoms with Gasteiger partial charge in [-0.2, -0.15) is 0 Å².